The maximum atomic E-state index is 13.2. The van der Waals surface area contributed by atoms with Crippen molar-refractivity contribution in [2.24, 2.45) is 17.8 Å². The first-order chi connectivity index (χ1) is 66.6. The van der Waals surface area contributed by atoms with Gasteiger partial charge in [-0.1, -0.05) is 119 Å². The SMILES string of the molecule is CC#CCOC(=O)N1CCc2c([nH]c3ccc(Cl)cc23)C1c1ccc(OCC2CCCN(C)C2)cc1.CCC(C)OC(=O)N1CCc2c([nH]c3ccc(Cl)cc23)C1c1ccc(OCC2CCCN(C)C2)cc1.CN1CCCC(COc2ccc(C3c4[nH]c5ccc(Cl)cc5c4CCN3C(=O)OCCF)cc2)C1.O=C(OCCl)N1CCc2c([nH]c3ccc(Cl)cc23)C1c1ccc(OCCCCl)cc1. The summed E-state index contributed by atoms with van der Waals surface area (Å²) < 4.78 is 58.3. The predicted octanol–water partition coefficient (Wildman–Crippen LogP) is 23.8. The summed E-state index contributed by atoms with van der Waals surface area (Å²) in [4.78, 5) is 80.1. The van der Waals surface area contributed by atoms with E-state index < -0.39 is 18.9 Å². The quantitative estimate of drug-likeness (QED) is 0.0202. The van der Waals surface area contributed by atoms with Crippen molar-refractivity contribution in [1.82, 2.24) is 54.2 Å². The fourth-order valence-corrected chi connectivity index (χ4v) is 21.1. The summed E-state index contributed by atoms with van der Waals surface area (Å²) in [6, 6.07) is 53.8. The maximum Gasteiger partial charge on any atom is 0.411 e. The third-order valence-electron chi connectivity index (χ3n) is 27.0. The van der Waals surface area contributed by atoms with Gasteiger partial charge in [-0.05, 0) is 298 Å². The first-order valence-electron chi connectivity index (χ1n) is 47.6. The van der Waals surface area contributed by atoms with Gasteiger partial charge in [0.2, 0.25) is 0 Å². The number of piperidine rings is 3. The third-order valence-corrected chi connectivity index (χ3v) is 28.4. The van der Waals surface area contributed by atoms with E-state index in [1.165, 1.54) is 62.7 Å². The number of fused-ring (bicyclic) bond motifs is 12. The Balaban J connectivity index is 0.000000133. The molecule has 0 radical (unpaired) electrons. The number of rotatable bonds is 23. The lowest BCUT2D eigenvalue weighted by atomic mass is 9.92. The Kier molecular flexibility index (Phi) is 34.0. The molecule has 4 amide bonds. The molecule has 7 aliphatic rings. The number of carbonyl (C=O) groups is 4. The van der Waals surface area contributed by atoms with Gasteiger partial charge in [0, 0.05) is 156 Å². The van der Waals surface area contributed by atoms with Crippen LogP contribution in [0.5, 0.6) is 23.0 Å². The number of aromatic amines is 4. The number of amides is 4. The van der Waals surface area contributed by atoms with Crippen molar-refractivity contribution >= 4 is 138 Å². The average molecular weight is 1980 g/mol. The maximum absolute atomic E-state index is 13.2. The number of carbonyl (C=O) groups excluding carboxylic acids is 4. The van der Waals surface area contributed by atoms with E-state index in [0.717, 1.165) is 188 Å². The molecule has 12 aromatic rings. The summed E-state index contributed by atoms with van der Waals surface area (Å²) in [5.74, 6) is 11.1. The van der Waals surface area contributed by atoms with E-state index in [-0.39, 0.29) is 61.7 Å². The minimum absolute atomic E-state index is 0.0802. The van der Waals surface area contributed by atoms with E-state index >= 15 is 0 Å². The van der Waals surface area contributed by atoms with Crippen molar-refractivity contribution in [3.63, 3.8) is 0 Å². The Hall–Kier alpha value is -10.7. The number of aromatic nitrogens is 4. The van der Waals surface area contributed by atoms with E-state index in [1.807, 2.05) is 176 Å². The van der Waals surface area contributed by atoms with Gasteiger partial charge in [0.05, 0.1) is 26.4 Å². The van der Waals surface area contributed by atoms with Gasteiger partial charge in [-0.2, -0.15) is 0 Å². The van der Waals surface area contributed by atoms with Gasteiger partial charge in [0.25, 0.3) is 0 Å². The number of halogens is 7. The summed E-state index contributed by atoms with van der Waals surface area (Å²) in [5.41, 5.74) is 16.5. The van der Waals surface area contributed by atoms with Crippen molar-refractivity contribution in [1.29, 1.82) is 0 Å². The van der Waals surface area contributed by atoms with Crippen LogP contribution in [0.3, 0.4) is 0 Å². The van der Waals surface area contributed by atoms with E-state index in [2.05, 4.69) is 79.8 Å². The second kappa shape index (κ2) is 46.8. The Labute approximate surface area is 830 Å². The normalized spacial score (nSPS) is 19.6. The summed E-state index contributed by atoms with van der Waals surface area (Å²) in [7, 11) is 6.50. The van der Waals surface area contributed by atoms with Crippen LogP contribution in [0.25, 0.3) is 43.6 Å². The second-order valence-corrected chi connectivity index (χ2v) is 38.9. The highest BCUT2D eigenvalue weighted by molar-refractivity contribution is 6.32. The monoisotopic (exact) mass is 1980 g/mol. The Morgan fingerprint density at radius 3 is 1.03 bits per heavy atom. The van der Waals surface area contributed by atoms with Gasteiger partial charge in [-0.25, -0.2) is 23.6 Å². The Morgan fingerprint density at radius 1 is 0.416 bits per heavy atom. The first kappa shape index (κ1) is 99.3. The molecule has 0 bridgehead atoms. The lowest BCUT2D eigenvalue weighted by molar-refractivity contribution is 0.0578. The smallest absolute Gasteiger partial charge is 0.411 e. The highest BCUT2D eigenvalue weighted by Crippen LogP contribution is 2.46. The van der Waals surface area contributed by atoms with Crippen LogP contribution in [0.2, 0.25) is 20.1 Å². The second-order valence-electron chi connectivity index (χ2n) is 36.5. The van der Waals surface area contributed by atoms with Gasteiger partial charge in [-0.15, -0.1) is 17.5 Å². The van der Waals surface area contributed by atoms with E-state index in [0.29, 0.717) is 96.0 Å². The number of benzene rings is 8. The molecule has 3 fully saturated rings. The number of likely N-dealkylation sites (tertiary alicyclic amines) is 3. The van der Waals surface area contributed by atoms with Gasteiger partial charge in [-0.3, -0.25) is 19.6 Å². The standard InChI is InChI=1S/C29H36ClN3O3.C29H32ClN3O3.C27H31ClFN3O3.C22H21Cl3N2O3/c1-4-19(2)36-29(34)33-15-13-24-25-16-22(30)9-12-26(25)31-27(24)28(33)21-7-10-23(11-8-21)35-18-20-6-5-14-32(3)17-20;1-3-4-16-35-29(34)33-15-13-24-25-17-22(30)9-12-26(25)31-27(24)28(33)21-7-10-23(11-8-21)36-19-20-6-5-14-32(2)18-20;1-31-12-2-3-18(16-31)17-35-21-7-4-19(5-8-21)26-25-22(10-13-32(26)27(33)34-14-11-29)23-15-20(28)6-9-24(23)30-25;23-9-1-11-29-16-5-2-14(3-6-16)21-20-17(8-10-27(21)22(28)30-13-24)18-12-15(25)4-7-19(18)26-20/h7-12,16,19-20,28,31H,4-6,13-15,17-18H2,1-3H3;7-12,17,20,28,31H,5-6,13-16,18-19H2,1-2H3;4-9,15,18,26,30H,2-3,10-14,16-17H2,1H3;2-7,12,21,26H,1,8-11,13H2. The fraction of sp³-hybridized carbons (Fsp3) is 0.421. The molecular weight excluding hydrogens is 1860 g/mol. The molecule has 11 heterocycles. The van der Waals surface area contributed by atoms with Crippen LogP contribution >= 0.6 is 69.6 Å². The number of alkyl halides is 3. The average Bonchev–Trinajstić information content (AvgIpc) is 1.63. The highest BCUT2D eigenvalue weighted by atomic mass is 35.5. The molecule has 7 aliphatic heterocycles. The minimum atomic E-state index is -0.705. The summed E-state index contributed by atoms with van der Waals surface area (Å²) in [5, 5.41) is 7.13. The lowest BCUT2D eigenvalue weighted by Gasteiger charge is -2.36. The summed E-state index contributed by atoms with van der Waals surface area (Å²) in [6.45, 7) is 16.3. The van der Waals surface area contributed by atoms with Gasteiger partial charge in [0.1, 0.15) is 66.6 Å². The molecule has 137 heavy (non-hydrogen) atoms. The third kappa shape index (κ3) is 24.1. The van der Waals surface area contributed by atoms with Crippen LogP contribution in [-0.4, -0.2) is 230 Å². The Morgan fingerprint density at radius 2 is 0.730 bits per heavy atom. The fourth-order valence-electron chi connectivity index (χ4n) is 20.2. The zero-order valence-electron chi connectivity index (χ0n) is 78.4. The molecule has 23 nitrogen and oxygen atoms in total. The van der Waals surface area contributed by atoms with E-state index in [4.69, 9.17) is 108 Å². The van der Waals surface area contributed by atoms with Crippen molar-refractivity contribution in [2.75, 3.05) is 145 Å². The number of ether oxygens (including phenoxy) is 8. The molecule has 0 saturated carbocycles. The predicted molar refractivity (Wildman–Crippen MR) is 542 cm³/mol. The van der Waals surface area contributed by atoms with Crippen molar-refractivity contribution < 1.29 is 61.5 Å². The molecule has 8 aromatic carbocycles. The number of hydrogen-bond donors (Lipinski definition) is 4. The van der Waals surface area contributed by atoms with Crippen LogP contribution in [0.1, 0.15) is 164 Å². The largest absolute Gasteiger partial charge is 0.494 e. The summed E-state index contributed by atoms with van der Waals surface area (Å²) in [6.07, 6.45) is 9.91. The number of nitrogens with zero attached hydrogens (tertiary/aromatic N) is 7. The first-order valence-corrected chi connectivity index (χ1v) is 50.2. The van der Waals surface area contributed by atoms with Crippen molar-refractivity contribution in [2.45, 2.75) is 128 Å². The molecule has 724 valence electrons. The zero-order valence-corrected chi connectivity index (χ0v) is 82.9. The van der Waals surface area contributed by atoms with Crippen LogP contribution in [0.15, 0.2) is 170 Å². The molecule has 3 saturated heterocycles. The van der Waals surface area contributed by atoms with Crippen LogP contribution in [0, 0.1) is 29.6 Å². The molecular formula is C107H120Cl6FN11O12. The molecule has 30 heteroatoms. The van der Waals surface area contributed by atoms with Gasteiger partial charge >= 0.3 is 24.4 Å². The van der Waals surface area contributed by atoms with Gasteiger partial charge < -0.3 is 72.5 Å². The molecule has 19 rings (SSSR count). The van der Waals surface area contributed by atoms with Gasteiger partial charge in [0.15, 0.2) is 12.7 Å². The molecule has 8 unspecified atom stereocenters. The summed E-state index contributed by atoms with van der Waals surface area (Å²) >= 11 is 36.5. The van der Waals surface area contributed by atoms with Crippen LogP contribution < -0.4 is 18.9 Å². The molecule has 0 spiro atoms. The lowest BCUT2D eigenvalue weighted by Crippen LogP contribution is -2.41. The van der Waals surface area contributed by atoms with E-state index in [1.54, 1.807) is 21.6 Å². The van der Waals surface area contributed by atoms with Crippen LogP contribution in [0.4, 0.5) is 23.6 Å². The number of H-pyrrole nitrogens is 4. The molecule has 8 atom stereocenters. The molecule has 0 aliphatic carbocycles. The minimum Gasteiger partial charge on any atom is -0.494 e. The molecule has 4 N–H and O–H groups in total. The Bertz CT molecular complexity index is 6210. The molecule has 4 aromatic heterocycles. The van der Waals surface area contributed by atoms with Crippen molar-refractivity contribution in [3.05, 3.63) is 257 Å². The highest BCUT2D eigenvalue weighted by Gasteiger charge is 2.41. The zero-order chi connectivity index (χ0) is 95.8. The number of hydrogen-bond acceptors (Lipinski definition) is 15. The topological polar surface area (TPSA) is 228 Å². The number of nitrogens with one attached hydrogen (secondary N) is 4. The van der Waals surface area contributed by atoms with E-state index in [9.17, 15) is 23.6 Å². The van der Waals surface area contributed by atoms with Crippen molar-refractivity contribution in [3.8, 4) is 34.8 Å². The van der Waals surface area contributed by atoms with Crippen LogP contribution in [-0.2, 0) is 44.6 Å².